The number of hydrogen-bond acceptors (Lipinski definition) is 2. The van der Waals surface area contributed by atoms with Gasteiger partial charge in [-0.2, -0.15) is 0 Å². The number of carbonyl (C=O) groups is 2. The van der Waals surface area contributed by atoms with Crippen LogP contribution in [-0.4, -0.2) is 42.2 Å². The molecule has 1 aromatic rings. The van der Waals surface area contributed by atoms with Gasteiger partial charge < -0.3 is 9.80 Å². The van der Waals surface area contributed by atoms with Crippen LogP contribution in [0.15, 0.2) is 24.3 Å². The van der Waals surface area contributed by atoms with Gasteiger partial charge in [-0.25, -0.2) is 0 Å². The first-order chi connectivity index (χ1) is 9.19. The fraction of sp³-hybridized carbons (Fsp3) is 0.429. The molecule has 4 nitrogen and oxygen atoms in total. The van der Waals surface area contributed by atoms with E-state index in [1.165, 1.54) is 0 Å². The van der Waals surface area contributed by atoms with Gasteiger partial charge in [-0.05, 0) is 11.6 Å². The first-order valence-electron chi connectivity index (χ1n) is 6.41. The highest BCUT2D eigenvalue weighted by Crippen LogP contribution is 2.30. The van der Waals surface area contributed by atoms with Crippen LogP contribution in [0, 0.1) is 5.92 Å². The zero-order chi connectivity index (χ0) is 13.4. The topological polar surface area (TPSA) is 40.6 Å². The SMILES string of the molecule is O=C(CCl)N1CC(CN2C(=O)Cc3ccccc32)C1. The predicted molar refractivity (Wildman–Crippen MR) is 73.3 cm³/mol. The van der Waals surface area contributed by atoms with Crippen molar-refractivity contribution >= 4 is 29.1 Å². The molecular formula is C14H15ClN2O2. The zero-order valence-corrected chi connectivity index (χ0v) is 11.3. The van der Waals surface area contributed by atoms with E-state index in [-0.39, 0.29) is 17.7 Å². The van der Waals surface area contributed by atoms with Gasteiger partial charge >= 0.3 is 0 Å². The molecule has 0 spiro atoms. The lowest BCUT2D eigenvalue weighted by atomic mass is 9.99. The average Bonchev–Trinajstić information content (AvgIpc) is 2.68. The lowest BCUT2D eigenvalue weighted by Crippen LogP contribution is -2.54. The predicted octanol–water partition coefficient (Wildman–Crippen LogP) is 1.27. The second-order valence-corrected chi connectivity index (χ2v) is 5.38. The Morgan fingerprint density at radius 3 is 2.79 bits per heavy atom. The van der Waals surface area contributed by atoms with Gasteiger partial charge in [0.15, 0.2) is 0 Å². The summed E-state index contributed by atoms with van der Waals surface area (Å²) in [5, 5.41) is 0. The van der Waals surface area contributed by atoms with Gasteiger partial charge in [0.25, 0.3) is 0 Å². The third-order valence-electron chi connectivity index (χ3n) is 3.79. The maximum absolute atomic E-state index is 12.0. The molecule has 0 N–H and O–H groups in total. The summed E-state index contributed by atoms with van der Waals surface area (Å²) in [5.41, 5.74) is 2.12. The summed E-state index contributed by atoms with van der Waals surface area (Å²) < 4.78 is 0. The number of nitrogens with zero attached hydrogens (tertiary/aromatic N) is 2. The van der Waals surface area contributed by atoms with E-state index in [9.17, 15) is 9.59 Å². The summed E-state index contributed by atoms with van der Waals surface area (Å²) in [6.45, 7) is 2.11. The molecule has 2 aliphatic rings. The van der Waals surface area contributed by atoms with E-state index in [0.29, 0.717) is 32.0 Å². The Labute approximate surface area is 116 Å². The Morgan fingerprint density at radius 2 is 2.05 bits per heavy atom. The highest BCUT2D eigenvalue weighted by molar-refractivity contribution is 6.27. The van der Waals surface area contributed by atoms with Crippen LogP contribution in [0.4, 0.5) is 5.69 Å². The van der Waals surface area contributed by atoms with Crippen LogP contribution >= 0.6 is 11.6 Å². The monoisotopic (exact) mass is 278 g/mol. The fourth-order valence-electron chi connectivity index (χ4n) is 2.75. The molecule has 0 unspecified atom stereocenters. The molecule has 0 aliphatic carbocycles. The maximum Gasteiger partial charge on any atom is 0.237 e. The first kappa shape index (κ1) is 12.5. The molecule has 2 amide bonds. The quantitative estimate of drug-likeness (QED) is 0.782. The smallest absolute Gasteiger partial charge is 0.237 e. The van der Waals surface area contributed by atoms with Crippen molar-refractivity contribution in [2.75, 3.05) is 30.4 Å². The number of halogens is 1. The number of hydrogen-bond donors (Lipinski definition) is 0. The Kier molecular flexibility index (Phi) is 3.19. The molecule has 0 radical (unpaired) electrons. The first-order valence-corrected chi connectivity index (χ1v) is 6.94. The highest BCUT2D eigenvalue weighted by atomic mass is 35.5. The summed E-state index contributed by atoms with van der Waals surface area (Å²) in [6, 6.07) is 7.90. The molecule has 100 valence electrons. The second kappa shape index (κ2) is 4.85. The Balaban J connectivity index is 1.63. The molecule has 2 heterocycles. The number of alkyl halides is 1. The van der Waals surface area contributed by atoms with E-state index in [1.807, 2.05) is 29.2 Å². The molecule has 0 atom stereocenters. The van der Waals surface area contributed by atoms with Gasteiger partial charge in [0, 0.05) is 31.2 Å². The van der Waals surface area contributed by atoms with E-state index in [1.54, 1.807) is 4.90 Å². The van der Waals surface area contributed by atoms with Gasteiger partial charge in [-0.15, -0.1) is 11.6 Å². The zero-order valence-electron chi connectivity index (χ0n) is 10.5. The Bertz CT molecular complexity index is 526. The van der Waals surface area contributed by atoms with Crippen molar-refractivity contribution in [3.05, 3.63) is 29.8 Å². The minimum absolute atomic E-state index is 0.0222. The second-order valence-electron chi connectivity index (χ2n) is 5.11. The number of amides is 2. The summed E-state index contributed by atoms with van der Waals surface area (Å²) in [5.74, 6) is 0.537. The molecule has 5 heteroatoms. The van der Waals surface area contributed by atoms with E-state index in [4.69, 9.17) is 11.6 Å². The number of carbonyl (C=O) groups excluding carboxylic acids is 2. The normalized spacial score (nSPS) is 18.5. The summed E-state index contributed by atoms with van der Waals surface area (Å²) in [4.78, 5) is 26.9. The van der Waals surface area contributed by atoms with Gasteiger partial charge in [-0.1, -0.05) is 18.2 Å². The van der Waals surface area contributed by atoms with Crippen molar-refractivity contribution in [2.24, 2.45) is 5.92 Å². The summed E-state index contributed by atoms with van der Waals surface area (Å²) in [6.07, 6.45) is 0.493. The number of para-hydroxylation sites is 1. The van der Waals surface area contributed by atoms with E-state index in [2.05, 4.69) is 0 Å². The molecule has 3 rings (SSSR count). The highest BCUT2D eigenvalue weighted by Gasteiger charge is 2.35. The molecule has 0 bridgehead atoms. The van der Waals surface area contributed by atoms with Crippen molar-refractivity contribution < 1.29 is 9.59 Å². The molecule has 1 saturated heterocycles. The van der Waals surface area contributed by atoms with Crippen molar-refractivity contribution in [3.63, 3.8) is 0 Å². The van der Waals surface area contributed by atoms with Crippen molar-refractivity contribution in [1.29, 1.82) is 0 Å². The van der Waals surface area contributed by atoms with Crippen LogP contribution in [0.1, 0.15) is 5.56 Å². The van der Waals surface area contributed by atoms with Gasteiger partial charge in [0.1, 0.15) is 5.88 Å². The van der Waals surface area contributed by atoms with Crippen LogP contribution < -0.4 is 4.90 Å². The largest absolute Gasteiger partial charge is 0.341 e. The molecule has 2 aliphatic heterocycles. The van der Waals surface area contributed by atoms with Crippen LogP contribution in [0.3, 0.4) is 0 Å². The molecular weight excluding hydrogens is 264 g/mol. The minimum atomic E-state index is -0.0222. The van der Waals surface area contributed by atoms with Crippen LogP contribution in [0.25, 0.3) is 0 Å². The number of fused-ring (bicyclic) bond motifs is 1. The fourth-order valence-corrected chi connectivity index (χ4v) is 2.92. The van der Waals surface area contributed by atoms with Crippen molar-refractivity contribution in [2.45, 2.75) is 6.42 Å². The molecule has 1 fully saturated rings. The molecule has 0 saturated carbocycles. The van der Waals surface area contributed by atoms with E-state index < -0.39 is 0 Å². The lowest BCUT2D eigenvalue weighted by molar-refractivity contribution is -0.134. The Hall–Kier alpha value is -1.55. The van der Waals surface area contributed by atoms with E-state index in [0.717, 1.165) is 11.3 Å². The third kappa shape index (κ3) is 2.21. The number of anilines is 1. The Morgan fingerprint density at radius 1 is 1.32 bits per heavy atom. The van der Waals surface area contributed by atoms with Crippen LogP contribution in [-0.2, 0) is 16.0 Å². The van der Waals surface area contributed by atoms with Crippen LogP contribution in [0.5, 0.6) is 0 Å². The van der Waals surface area contributed by atoms with Gasteiger partial charge in [0.2, 0.25) is 11.8 Å². The lowest BCUT2D eigenvalue weighted by Gasteiger charge is -2.40. The van der Waals surface area contributed by atoms with Crippen molar-refractivity contribution in [3.8, 4) is 0 Å². The number of benzene rings is 1. The minimum Gasteiger partial charge on any atom is -0.341 e. The van der Waals surface area contributed by atoms with Gasteiger partial charge in [0.05, 0.1) is 6.42 Å². The maximum atomic E-state index is 12.0. The number of rotatable bonds is 3. The van der Waals surface area contributed by atoms with Crippen LogP contribution in [0.2, 0.25) is 0 Å². The third-order valence-corrected chi connectivity index (χ3v) is 4.02. The van der Waals surface area contributed by atoms with Crippen molar-refractivity contribution in [1.82, 2.24) is 4.90 Å². The van der Waals surface area contributed by atoms with Gasteiger partial charge in [-0.3, -0.25) is 9.59 Å². The average molecular weight is 279 g/mol. The molecule has 0 aromatic heterocycles. The molecule has 1 aromatic carbocycles. The molecule has 19 heavy (non-hydrogen) atoms. The number of likely N-dealkylation sites (tertiary alicyclic amines) is 1. The standard InChI is InChI=1S/C14H15ClN2O2/c15-6-14(19)16-7-10(8-16)9-17-12-4-2-1-3-11(12)5-13(17)18/h1-4,10H,5-9H2. The van der Waals surface area contributed by atoms with E-state index >= 15 is 0 Å². The summed E-state index contributed by atoms with van der Waals surface area (Å²) in [7, 11) is 0. The summed E-state index contributed by atoms with van der Waals surface area (Å²) >= 11 is 5.51.